The maximum atomic E-state index is 6.47. The molecule has 2 N–H and O–H groups in total. The molecular weight excluding hydrogens is 291 g/mol. The third-order valence-electron chi connectivity index (χ3n) is 4.01. The van der Waals surface area contributed by atoms with Crippen LogP contribution in [0.4, 0.5) is 0 Å². The molecule has 0 saturated heterocycles. The highest BCUT2D eigenvalue weighted by Crippen LogP contribution is 2.41. The van der Waals surface area contributed by atoms with Crippen LogP contribution in [0.2, 0.25) is 10.0 Å². The molecule has 1 aromatic carbocycles. The zero-order valence-corrected chi connectivity index (χ0v) is 12.5. The summed E-state index contributed by atoms with van der Waals surface area (Å²) in [5, 5.41) is 1.11. The molecule has 0 radical (unpaired) electrons. The molecule has 2 nitrogen and oxygen atoms in total. The summed E-state index contributed by atoms with van der Waals surface area (Å²) in [4.78, 5) is 4.54. The third kappa shape index (κ3) is 2.44. The minimum absolute atomic E-state index is 0.171. The van der Waals surface area contributed by atoms with E-state index in [0.29, 0.717) is 10.0 Å². The number of fused-ring (bicyclic) bond motifs is 1. The van der Waals surface area contributed by atoms with E-state index in [-0.39, 0.29) is 12.0 Å². The van der Waals surface area contributed by atoms with Crippen molar-refractivity contribution in [3.8, 4) is 0 Å². The number of hydrogen-bond acceptors (Lipinski definition) is 2. The second-order valence-corrected chi connectivity index (χ2v) is 6.00. The number of rotatable bonds is 2. The van der Waals surface area contributed by atoms with Crippen molar-refractivity contribution in [3.63, 3.8) is 0 Å². The van der Waals surface area contributed by atoms with E-state index < -0.39 is 0 Å². The van der Waals surface area contributed by atoms with Crippen LogP contribution in [0.25, 0.3) is 0 Å². The van der Waals surface area contributed by atoms with Crippen molar-refractivity contribution >= 4 is 23.2 Å². The molecule has 2 aromatic rings. The van der Waals surface area contributed by atoms with Crippen LogP contribution in [0.3, 0.4) is 0 Å². The first-order valence-corrected chi connectivity index (χ1v) is 7.57. The van der Waals surface area contributed by atoms with Crippen molar-refractivity contribution in [1.29, 1.82) is 0 Å². The molecule has 4 heteroatoms. The molecule has 0 spiro atoms. The molecule has 0 bridgehead atoms. The molecule has 2 unspecified atom stereocenters. The van der Waals surface area contributed by atoms with Crippen LogP contribution < -0.4 is 5.73 Å². The summed E-state index contributed by atoms with van der Waals surface area (Å²) in [5.74, 6) is 0.205. The fourth-order valence-electron chi connectivity index (χ4n) is 2.99. The van der Waals surface area contributed by atoms with E-state index in [2.05, 4.69) is 11.1 Å². The summed E-state index contributed by atoms with van der Waals surface area (Å²) in [6.45, 7) is 0. The van der Waals surface area contributed by atoms with Crippen LogP contribution in [-0.2, 0) is 6.42 Å². The van der Waals surface area contributed by atoms with Gasteiger partial charge in [0.25, 0.3) is 0 Å². The molecule has 0 fully saturated rings. The van der Waals surface area contributed by atoms with Crippen LogP contribution >= 0.6 is 23.2 Å². The number of nitrogens with zero attached hydrogens (tertiary/aromatic N) is 1. The van der Waals surface area contributed by atoms with Crippen molar-refractivity contribution in [1.82, 2.24) is 4.98 Å². The average Bonchev–Trinajstić information content (AvgIpc) is 2.49. The Morgan fingerprint density at radius 3 is 2.90 bits per heavy atom. The summed E-state index contributed by atoms with van der Waals surface area (Å²) in [6, 6.07) is 9.59. The monoisotopic (exact) mass is 306 g/mol. The van der Waals surface area contributed by atoms with Gasteiger partial charge in [-0.3, -0.25) is 4.98 Å². The first kappa shape index (κ1) is 13.9. The zero-order chi connectivity index (χ0) is 14.1. The predicted molar refractivity (Wildman–Crippen MR) is 83.3 cm³/mol. The van der Waals surface area contributed by atoms with E-state index in [1.54, 1.807) is 6.07 Å². The third-order valence-corrected chi connectivity index (χ3v) is 4.85. The molecule has 20 heavy (non-hydrogen) atoms. The quantitative estimate of drug-likeness (QED) is 0.886. The Morgan fingerprint density at radius 1 is 1.20 bits per heavy atom. The van der Waals surface area contributed by atoms with Crippen LogP contribution in [0.5, 0.6) is 0 Å². The number of aromatic nitrogens is 1. The van der Waals surface area contributed by atoms with Gasteiger partial charge in [-0.2, -0.15) is 0 Å². The largest absolute Gasteiger partial charge is 0.323 e. The van der Waals surface area contributed by atoms with Gasteiger partial charge in [0.15, 0.2) is 0 Å². The second-order valence-electron chi connectivity index (χ2n) is 5.22. The Morgan fingerprint density at radius 2 is 2.05 bits per heavy atom. The topological polar surface area (TPSA) is 38.9 Å². The molecule has 1 aromatic heterocycles. The number of pyridine rings is 1. The number of halogens is 2. The summed E-state index contributed by atoms with van der Waals surface area (Å²) >= 11 is 12.4. The lowest BCUT2D eigenvalue weighted by Crippen LogP contribution is -2.24. The van der Waals surface area contributed by atoms with E-state index in [1.165, 1.54) is 5.56 Å². The molecule has 0 amide bonds. The lowest BCUT2D eigenvalue weighted by molar-refractivity contribution is 0.463. The van der Waals surface area contributed by atoms with Gasteiger partial charge >= 0.3 is 0 Å². The Labute approximate surface area is 128 Å². The van der Waals surface area contributed by atoms with Crippen molar-refractivity contribution in [2.24, 2.45) is 5.73 Å². The van der Waals surface area contributed by atoms with Gasteiger partial charge < -0.3 is 5.73 Å². The Hall–Kier alpha value is -1.09. The molecule has 104 valence electrons. The predicted octanol–water partition coefficient (Wildman–Crippen LogP) is 4.51. The summed E-state index contributed by atoms with van der Waals surface area (Å²) in [7, 11) is 0. The van der Waals surface area contributed by atoms with Crippen molar-refractivity contribution in [2.45, 2.75) is 31.2 Å². The number of benzene rings is 1. The lowest BCUT2D eigenvalue weighted by atomic mass is 9.80. The Bertz CT molecular complexity index is 628. The maximum Gasteiger partial charge on any atom is 0.0640 e. The molecule has 1 aliphatic carbocycles. The van der Waals surface area contributed by atoms with E-state index in [9.17, 15) is 0 Å². The summed E-state index contributed by atoms with van der Waals surface area (Å²) < 4.78 is 0. The fourth-order valence-corrected chi connectivity index (χ4v) is 3.42. The Balaban J connectivity index is 2.00. The van der Waals surface area contributed by atoms with Crippen molar-refractivity contribution in [3.05, 3.63) is 63.4 Å². The molecule has 1 aliphatic rings. The average molecular weight is 307 g/mol. The minimum Gasteiger partial charge on any atom is -0.323 e. The molecule has 1 heterocycles. The molecule has 2 atom stereocenters. The molecular formula is C16H16Cl2N2. The van der Waals surface area contributed by atoms with Gasteiger partial charge in [-0.1, -0.05) is 41.4 Å². The van der Waals surface area contributed by atoms with Gasteiger partial charge in [-0.05, 0) is 42.5 Å². The van der Waals surface area contributed by atoms with Crippen molar-refractivity contribution in [2.75, 3.05) is 0 Å². The van der Waals surface area contributed by atoms with Crippen molar-refractivity contribution < 1.29 is 0 Å². The van der Waals surface area contributed by atoms with E-state index in [4.69, 9.17) is 28.9 Å². The van der Waals surface area contributed by atoms with Gasteiger partial charge in [0.1, 0.15) is 0 Å². The van der Waals surface area contributed by atoms with Gasteiger partial charge in [-0.15, -0.1) is 0 Å². The van der Waals surface area contributed by atoms with E-state index in [0.717, 1.165) is 30.5 Å². The van der Waals surface area contributed by atoms with Gasteiger partial charge in [0.2, 0.25) is 0 Å². The molecule has 3 rings (SSSR count). The minimum atomic E-state index is -0.171. The van der Waals surface area contributed by atoms with Crippen LogP contribution in [0.15, 0.2) is 36.5 Å². The van der Waals surface area contributed by atoms with Crippen LogP contribution in [-0.4, -0.2) is 4.98 Å². The standard InChI is InChI=1S/C16H16Cl2N2/c17-13-8-2-6-11(14(13)18)15(19)12-7-1-4-10-5-3-9-20-16(10)12/h2-3,5-6,8-9,12,15H,1,4,7,19H2. The zero-order valence-electron chi connectivity index (χ0n) is 11.0. The molecule has 0 aliphatic heterocycles. The first-order valence-electron chi connectivity index (χ1n) is 6.81. The number of hydrogen-bond donors (Lipinski definition) is 1. The highest BCUT2D eigenvalue weighted by molar-refractivity contribution is 6.42. The van der Waals surface area contributed by atoms with Gasteiger partial charge in [0, 0.05) is 23.9 Å². The molecule has 0 saturated carbocycles. The highest BCUT2D eigenvalue weighted by atomic mass is 35.5. The number of nitrogens with two attached hydrogens (primary N) is 1. The SMILES string of the molecule is NC(c1cccc(Cl)c1Cl)C1CCCc2cccnc21. The van der Waals surface area contributed by atoms with Crippen LogP contribution in [0, 0.1) is 0 Å². The van der Waals surface area contributed by atoms with Crippen LogP contribution in [0.1, 0.15) is 41.6 Å². The lowest BCUT2D eigenvalue weighted by Gasteiger charge is -2.29. The van der Waals surface area contributed by atoms with E-state index >= 15 is 0 Å². The normalized spacial score (nSPS) is 19.4. The van der Waals surface area contributed by atoms with Gasteiger partial charge in [0.05, 0.1) is 10.0 Å². The fraction of sp³-hybridized carbons (Fsp3) is 0.312. The highest BCUT2D eigenvalue weighted by Gasteiger charge is 2.29. The van der Waals surface area contributed by atoms with E-state index in [1.807, 2.05) is 24.4 Å². The van der Waals surface area contributed by atoms with Gasteiger partial charge in [-0.25, -0.2) is 0 Å². The number of aryl methyl sites for hydroxylation is 1. The maximum absolute atomic E-state index is 6.47. The second kappa shape index (κ2) is 5.72. The first-order chi connectivity index (χ1) is 9.68. The summed E-state index contributed by atoms with van der Waals surface area (Å²) in [6.07, 6.45) is 5.09. The Kier molecular flexibility index (Phi) is 3.97. The smallest absolute Gasteiger partial charge is 0.0640 e. The summed E-state index contributed by atoms with van der Waals surface area (Å²) in [5.41, 5.74) is 9.79.